The average Bonchev–Trinajstić information content (AvgIpc) is 2.25. The topological polar surface area (TPSA) is 23.5 Å². The Balaban J connectivity index is 2.57. The van der Waals surface area contributed by atoms with Gasteiger partial charge in [-0.25, -0.2) is 0 Å². The standard InChI is InChI=1S/C13H21NO/c1-14(2)10-8-13(9-11-15)12-6-4-3-5-7-12/h3-7,13,15H,8-11H2,1-2H3/t13-/m1/s1. The molecule has 1 N–H and O–H groups in total. The highest BCUT2D eigenvalue weighted by atomic mass is 16.3. The largest absolute Gasteiger partial charge is 0.396 e. The molecule has 1 rings (SSSR count). The summed E-state index contributed by atoms with van der Waals surface area (Å²) in [7, 11) is 4.17. The first-order valence-corrected chi connectivity index (χ1v) is 5.54. The molecule has 1 aromatic rings. The van der Waals surface area contributed by atoms with Gasteiger partial charge in [-0.15, -0.1) is 0 Å². The first kappa shape index (κ1) is 12.2. The van der Waals surface area contributed by atoms with Crippen LogP contribution in [0.15, 0.2) is 30.3 Å². The van der Waals surface area contributed by atoms with Crippen molar-refractivity contribution in [3.63, 3.8) is 0 Å². The molecule has 0 aromatic heterocycles. The molecule has 84 valence electrons. The van der Waals surface area contributed by atoms with Gasteiger partial charge in [0.25, 0.3) is 0 Å². The predicted octanol–water partition coefficient (Wildman–Crippen LogP) is 2.10. The summed E-state index contributed by atoms with van der Waals surface area (Å²) in [6, 6.07) is 10.5. The normalized spacial score (nSPS) is 13.1. The second-order valence-electron chi connectivity index (χ2n) is 4.21. The molecule has 0 unspecified atom stereocenters. The summed E-state index contributed by atoms with van der Waals surface area (Å²) in [5.74, 6) is 0.485. The summed E-state index contributed by atoms with van der Waals surface area (Å²) in [4.78, 5) is 2.19. The molecule has 0 amide bonds. The number of hydrogen-bond acceptors (Lipinski definition) is 2. The second kappa shape index (κ2) is 6.59. The van der Waals surface area contributed by atoms with Crippen molar-refractivity contribution in [2.75, 3.05) is 27.2 Å². The predicted molar refractivity (Wildman–Crippen MR) is 64.1 cm³/mol. The molecule has 0 spiro atoms. The molecule has 0 aliphatic rings. The van der Waals surface area contributed by atoms with Gasteiger partial charge in [0.1, 0.15) is 0 Å². The highest BCUT2D eigenvalue weighted by Gasteiger charge is 2.10. The number of aliphatic hydroxyl groups is 1. The van der Waals surface area contributed by atoms with Crippen LogP contribution in [0.2, 0.25) is 0 Å². The number of benzene rings is 1. The first-order valence-electron chi connectivity index (χ1n) is 5.54. The first-order chi connectivity index (χ1) is 7.24. The van der Waals surface area contributed by atoms with Crippen LogP contribution in [0.4, 0.5) is 0 Å². The minimum absolute atomic E-state index is 0.271. The third-order valence-electron chi connectivity index (χ3n) is 2.67. The summed E-state index contributed by atoms with van der Waals surface area (Å²) in [5.41, 5.74) is 1.34. The lowest BCUT2D eigenvalue weighted by Crippen LogP contribution is -2.16. The number of nitrogens with zero attached hydrogens (tertiary/aromatic N) is 1. The molecule has 1 aromatic carbocycles. The van der Waals surface area contributed by atoms with E-state index in [0.29, 0.717) is 5.92 Å². The highest BCUT2D eigenvalue weighted by Crippen LogP contribution is 2.22. The highest BCUT2D eigenvalue weighted by molar-refractivity contribution is 5.19. The molecule has 1 atom stereocenters. The molecular weight excluding hydrogens is 186 g/mol. The summed E-state index contributed by atoms with van der Waals surface area (Å²) < 4.78 is 0. The number of aliphatic hydroxyl groups excluding tert-OH is 1. The third kappa shape index (κ3) is 4.45. The smallest absolute Gasteiger partial charge is 0.0436 e. The molecule has 0 saturated carbocycles. The van der Waals surface area contributed by atoms with E-state index in [2.05, 4.69) is 43.3 Å². The van der Waals surface area contributed by atoms with E-state index in [4.69, 9.17) is 5.11 Å². The maximum absolute atomic E-state index is 9.05. The fraction of sp³-hybridized carbons (Fsp3) is 0.538. The summed E-state index contributed by atoms with van der Waals surface area (Å²) in [6.07, 6.45) is 1.97. The van der Waals surface area contributed by atoms with Crippen LogP contribution >= 0.6 is 0 Å². The van der Waals surface area contributed by atoms with Gasteiger partial charge in [-0.3, -0.25) is 0 Å². The van der Waals surface area contributed by atoms with Gasteiger partial charge in [0.15, 0.2) is 0 Å². The van der Waals surface area contributed by atoms with Crippen molar-refractivity contribution in [1.29, 1.82) is 0 Å². The van der Waals surface area contributed by atoms with Gasteiger partial charge in [-0.1, -0.05) is 30.3 Å². The Kier molecular flexibility index (Phi) is 5.37. The zero-order valence-electron chi connectivity index (χ0n) is 9.69. The minimum atomic E-state index is 0.271. The monoisotopic (exact) mass is 207 g/mol. The zero-order chi connectivity index (χ0) is 11.1. The summed E-state index contributed by atoms with van der Waals surface area (Å²) in [5, 5.41) is 9.05. The van der Waals surface area contributed by atoms with E-state index in [1.54, 1.807) is 0 Å². The van der Waals surface area contributed by atoms with Gasteiger partial charge in [0.2, 0.25) is 0 Å². The molecule has 0 fully saturated rings. The maximum atomic E-state index is 9.05. The molecule has 15 heavy (non-hydrogen) atoms. The van der Waals surface area contributed by atoms with E-state index < -0.39 is 0 Å². The summed E-state index contributed by atoms with van der Waals surface area (Å²) >= 11 is 0. The molecular formula is C13H21NO. The van der Waals surface area contributed by atoms with Crippen molar-refractivity contribution in [1.82, 2.24) is 4.90 Å². The minimum Gasteiger partial charge on any atom is -0.396 e. The van der Waals surface area contributed by atoms with Crippen molar-refractivity contribution >= 4 is 0 Å². The lowest BCUT2D eigenvalue weighted by molar-refractivity contribution is 0.266. The fourth-order valence-corrected chi connectivity index (χ4v) is 1.77. The molecule has 0 saturated heterocycles. The van der Waals surface area contributed by atoms with Crippen molar-refractivity contribution in [2.24, 2.45) is 0 Å². The molecule has 2 heteroatoms. The van der Waals surface area contributed by atoms with E-state index in [9.17, 15) is 0 Å². The number of hydrogen-bond donors (Lipinski definition) is 1. The maximum Gasteiger partial charge on any atom is 0.0436 e. The van der Waals surface area contributed by atoms with Crippen LogP contribution in [0.3, 0.4) is 0 Å². The van der Waals surface area contributed by atoms with E-state index in [1.807, 2.05) is 6.07 Å². The van der Waals surface area contributed by atoms with Gasteiger partial charge in [0, 0.05) is 6.61 Å². The molecule has 0 heterocycles. The second-order valence-corrected chi connectivity index (χ2v) is 4.21. The van der Waals surface area contributed by atoms with Gasteiger partial charge in [-0.05, 0) is 45.0 Å². The third-order valence-corrected chi connectivity index (χ3v) is 2.67. The Morgan fingerprint density at radius 1 is 1.13 bits per heavy atom. The van der Waals surface area contributed by atoms with Crippen LogP contribution in [0.5, 0.6) is 0 Å². The lowest BCUT2D eigenvalue weighted by atomic mass is 9.93. The Hall–Kier alpha value is -0.860. The van der Waals surface area contributed by atoms with Gasteiger partial charge >= 0.3 is 0 Å². The average molecular weight is 207 g/mol. The quantitative estimate of drug-likeness (QED) is 0.772. The Labute approximate surface area is 92.5 Å². The van der Waals surface area contributed by atoms with Crippen LogP contribution in [-0.4, -0.2) is 37.3 Å². The zero-order valence-corrected chi connectivity index (χ0v) is 9.69. The van der Waals surface area contributed by atoms with Crippen LogP contribution in [-0.2, 0) is 0 Å². The van der Waals surface area contributed by atoms with E-state index in [-0.39, 0.29) is 6.61 Å². The lowest BCUT2D eigenvalue weighted by Gasteiger charge is -2.18. The van der Waals surface area contributed by atoms with Gasteiger partial charge in [0.05, 0.1) is 0 Å². The molecule has 0 aliphatic carbocycles. The van der Waals surface area contributed by atoms with E-state index >= 15 is 0 Å². The summed E-state index contributed by atoms with van der Waals surface area (Å²) in [6.45, 7) is 1.34. The van der Waals surface area contributed by atoms with Crippen molar-refractivity contribution < 1.29 is 5.11 Å². The Morgan fingerprint density at radius 2 is 1.80 bits per heavy atom. The number of rotatable bonds is 6. The van der Waals surface area contributed by atoms with Crippen molar-refractivity contribution in [2.45, 2.75) is 18.8 Å². The van der Waals surface area contributed by atoms with Crippen LogP contribution < -0.4 is 0 Å². The molecule has 0 bridgehead atoms. The molecule has 2 nitrogen and oxygen atoms in total. The van der Waals surface area contributed by atoms with Crippen LogP contribution in [0, 0.1) is 0 Å². The SMILES string of the molecule is CN(C)CC[C@H](CCO)c1ccccc1. The van der Waals surface area contributed by atoms with Crippen molar-refractivity contribution in [3.05, 3.63) is 35.9 Å². The molecule has 0 radical (unpaired) electrons. The molecule has 0 aliphatic heterocycles. The Bertz CT molecular complexity index is 258. The van der Waals surface area contributed by atoms with Crippen LogP contribution in [0.1, 0.15) is 24.3 Å². The van der Waals surface area contributed by atoms with E-state index in [1.165, 1.54) is 5.56 Å². The Morgan fingerprint density at radius 3 is 2.33 bits per heavy atom. The van der Waals surface area contributed by atoms with Crippen molar-refractivity contribution in [3.8, 4) is 0 Å². The van der Waals surface area contributed by atoms with Gasteiger partial charge in [-0.2, -0.15) is 0 Å². The van der Waals surface area contributed by atoms with Gasteiger partial charge < -0.3 is 10.0 Å². The van der Waals surface area contributed by atoms with Crippen LogP contribution in [0.25, 0.3) is 0 Å². The van der Waals surface area contributed by atoms with E-state index in [0.717, 1.165) is 19.4 Å². The fourth-order valence-electron chi connectivity index (χ4n) is 1.77.